The van der Waals surface area contributed by atoms with Crippen LogP contribution in [0.3, 0.4) is 0 Å². The highest BCUT2D eigenvalue weighted by atomic mass is 32.2. The Morgan fingerprint density at radius 1 is 1.36 bits per heavy atom. The van der Waals surface area contributed by atoms with E-state index in [2.05, 4.69) is 16.6 Å². The molecule has 1 saturated heterocycles. The third-order valence-electron chi connectivity index (χ3n) is 4.59. The number of nitrogens with one attached hydrogen (secondary N) is 2. The molecule has 0 aromatic rings. The normalized spacial score (nSPS) is 36.8. The van der Waals surface area contributed by atoms with Crippen molar-refractivity contribution in [3.05, 3.63) is 12.7 Å². The molecule has 1 amide bonds. The third-order valence-corrected chi connectivity index (χ3v) is 6.53. The average molecular weight is 330 g/mol. The molecule has 0 radical (unpaired) electrons. The number of esters is 1. The first-order valence-electron chi connectivity index (χ1n) is 7.17. The molecule has 2 bridgehead atoms. The van der Waals surface area contributed by atoms with Gasteiger partial charge >= 0.3 is 12.1 Å². The van der Waals surface area contributed by atoms with Crippen LogP contribution in [0.2, 0.25) is 0 Å². The molecule has 0 aromatic heterocycles. The van der Waals surface area contributed by atoms with Gasteiger partial charge in [0.25, 0.3) is 0 Å². The summed E-state index contributed by atoms with van der Waals surface area (Å²) in [4.78, 5) is 22.6. The maximum atomic E-state index is 11.9. The summed E-state index contributed by atoms with van der Waals surface area (Å²) in [5, 5.41) is 2.15. The number of rotatable bonds is 5. The molecule has 9 heteroatoms. The van der Waals surface area contributed by atoms with Crippen LogP contribution < -0.4 is 10.0 Å². The van der Waals surface area contributed by atoms with Gasteiger partial charge in [0.15, 0.2) is 0 Å². The zero-order chi connectivity index (χ0) is 15.9. The van der Waals surface area contributed by atoms with Gasteiger partial charge in [-0.3, -0.25) is 0 Å². The van der Waals surface area contributed by atoms with Crippen LogP contribution >= 0.6 is 0 Å². The molecular formula is C13H18N2O6S. The molecule has 5 unspecified atom stereocenters. The van der Waals surface area contributed by atoms with Crippen molar-refractivity contribution in [2.24, 2.45) is 11.8 Å². The summed E-state index contributed by atoms with van der Waals surface area (Å²) in [5.74, 6) is -0.426. The van der Waals surface area contributed by atoms with Gasteiger partial charge < -0.3 is 14.8 Å². The van der Waals surface area contributed by atoms with Crippen LogP contribution in [0.5, 0.6) is 0 Å². The highest BCUT2D eigenvalue weighted by Gasteiger charge is 2.63. The Kier molecular flexibility index (Phi) is 3.85. The predicted molar refractivity (Wildman–Crippen MR) is 75.3 cm³/mol. The van der Waals surface area contributed by atoms with Crippen molar-refractivity contribution in [1.29, 1.82) is 0 Å². The summed E-state index contributed by atoms with van der Waals surface area (Å²) in [6.45, 7) is 3.40. The monoisotopic (exact) mass is 330 g/mol. The van der Waals surface area contributed by atoms with E-state index >= 15 is 0 Å². The minimum Gasteiger partial charge on any atom is -0.461 e. The lowest BCUT2D eigenvalue weighted by molar-refractivity contribution is -0.137. The molecular weight excluding hydrogens is 312 g/mol. The fourth-order valence-corrected chi connectivity index (χ4v) is 5.84. The molecule has 2 aliphatic carbocycles. The molecule has 22 heavy (non-hydrogen) atoms. The number of carbonyl (C=O) groups is 2. The van der Waals surface area contributed by atoms with Gasteiger partial charge in [-0.1, -0.05) is 6.58 Å². The van der Waals surface area contributed by atoms with Crippen molar-refractivity contribution in [3.63, 3.8) is 0 Å². The number of sulfonamides is 1. The molecule has 122 valence electrons. The fourth-order valence-electron chi connectivity index (χ4n) is 3.74. The van der Waals surface area contributed by atoms with E-state index in [1.807, 2.05) is 0 Å². The van der Waals surface area contributed by atoms with Gasteiger partial charge in [0.05, 0.1) is 17.8 Å². The minimum atomic E-state index is -3.26. The first kappa shape index (κ1) is 15.3. The van der Waals surface area contributed by atoms with Crippen molar-refractivity contribution in [1.82, 2.24) is 10.0 Å². The smallest absolute Gasteiger partial charge is 0.407 e. The van der Waals surface area contributed by atoms with Gasteiger partial charge in [-0.05, 0) is 24.7 Å². The van der Waals surface area contributed by atoms with Crippen molar-refractivity contribution in [3.8, 4) is 0 Å². The predicted octanol–water partition coefficient (Wildman–Crippen LogP) is -0.480. The Morgan fingerprint density at radius 2 is 2.14 bits per heavy atom. The van der Waals surface area contributed by atoms with E-state index in [4.69, 9.17) is 9.47 Å². The SMILES string of the molecule is C=CC(=O)OCCNC(=O)OC1C2CC3C1NS(=O)(=O)C3C2. The average Bonchev–Trinajstić information content (AvgIpc) is 3.07. The van der Waals surface area contributed by atoms with E-state index in [0.29, 0.717) is 6.42 Å². The van der Waals surface area contributed by atoms with Crippen LogP contribution in [-0.2, 0) is 24.3 Å². The van der Waals surface area contributed by atoms with E-state index in [9.17, 15) is 18.0 Å². The van der Waals surface area contributed by atoms with Crippen LogP contribution in [-0.4, -0.2) is 51.0 Å². The van der Waals surface area contributed by atoms with Crippen LogP contribution in [0.15, 0.2) is 12.7 Å². The van der Waals surface area contributed by atoms with E-state index in [0.717, 1.165) is 12.5 Å². The summed E-state index contributed by atoms with van der Waals surface area (Å²) in [6, 6.07) is -0.307. The number of carbonyl (C=O) groups excluding carboxylic acids is 2. The van der Waals surface area contributed by atoms with E-state index in [-0.39, 0.29) is 36.3 Å². The summed E-state index contributed by atoms with van der Waals surface area (Å²) in [7, 11) is -3.26. The second kappa shape index (κ2) is 5.54. The lowest BCUT2D eigenvalue weighted by Crippen LogP contribution is -2.44. The van der Waals surface area contributed by atoms with Crippen LogP contribution in [0.4, 0.5) is 4.79 Å². The largest absolute Gasteiger partial charge is 0.461 e. The van der Waals surface area contributed by atoms with E-state index in [1.165, 1.54) is 0 Å². The van der Waals surface area contributed by atoms with E-state index < -0.39 is 28.2 Å². The second-order valence-electron chi connectivity index (χ2n) is 5.79. The molecule has 3 rings (SSSR count). The number of fused-ring (bicyclic) bond motifs is 1. The van der Waals surface area contributed by atoms with Gasteiger partial charge in [0, 0.05) is 6.08 Å². The minimum absolute atomic E-state index is 0.0226. The Hall–Kier alpha value is -1.61. The first-order valence-corrected chi connectivity index (χ1v) is 8.72. The first-order chi connectivity index (χ1) is 10.4. The van der Waals surface area contributed by atoms with Crippen LogP contribution in [0.25, 0.3) is 0 Å². The molecule has 8 nitrogen and oxygen atoms in total. The molecule has 5 atom stereocenters. The van der Waals surface area contributed by atoms with Gasteiger partial charge in [-0.2, -0.15) is 0 Å². The molecule has 3 aliphatic rings. The summed E-state index contributed by atoms with van der Waals surface area (Å²) < 4.78 is 36.5. The molecule has 1 heterocycles. The van der Waals surface area contributed by atoms with Gasteiger partial charge in [0.2, 0.25) is 10.0 Å². The standard InChI is InChI=1S/C13H18N2O6S/c1-2-10(16)20-4-3-14-13(17)21-12-7-5-8-9(6-7)22(18,19)15-11(8)12/h2,7-9,11-12,15H,1,3-6H2,(H,14,17). The Labute approximate surface area is 128 Å². The Morgan fingerprint density at radius 3 is 2.86 bits per heavy atom. The zero-order valence-corrected chi connectivity index (χ0v) is 12.7. The fraction of sp³-hybridized carbons (Fsp3) is 0.692. The van der Waals surface area contributed by atoms with Gasteiger partial charge in [0.1, 0.15) is 12.7 Å². The molecule has 1 aliphatic heterocycles. The molecule has 2 saturated carbocycles. The highest BCUT2D eigenvalue weighted by molar-refractivity contribution is 7.90. The summed E-state index contributed by atoms with van der Waals surface area (Å²) in [6.07, 6.45) is 1.31. The van der Waals surface area contributed by atoms with Crippen molar-refractivity contribution in [2.45, 2.75) is 30.2 Å². The zero-order valence-electron chi connectivity index (χ0n) is 11.9. The number of hydrogen-bond donors (Lipinski definition) is 2. The quantitative estimate of drug-likeness (QED) is 0.400. The van der Waals surface area contributed by atoms with Crippen LogP contribution in [0, 0.1) is 11.8 Å². The number of hydrogen-bond acceptors (Lipinski definition) is 6. The Bertz CT molecular complexity index is 604. The van der Waals surface area contributed by atoms with E-state index in [1.54, 1.807) is 0 Å². The number of amides is 1. The lowest BCUT2D eigenvalue weighted by Gasteiger charge is -2.25. The topological polar surface area (TPSA) is 111 Å². The molecule has 0 spiro atoms. The van der Waals surface area contributed by atoms with Crippen molar-refractivity contribution >= 4 is 22.1 Å². The van der Waals surface area contributed by atoms with Gasteiger partial charge in [-0.15, -0.1) is 0 Å². The molecule has 0 aromatic carbocycles. The van der Waals surface area contributed by atoms with Crippen LogP contribution in [0.1, 0.15) is 12.8 Å². The highest BCUT2D eigenvalue weighted by Crippen LogP contribution is 2.52. The lowest BCUT2D eigenvalue weighted by atomic mass is 9.93. The molecule has 2 N–H and O–H groups in total. The maximum absolute atomic E-state index is 11.9. The Balaban J connectivity index is 1.47. The van der Waals surface area contributed by atoms with Gasteiger partial charge in [-0.25, -0.2) is 22.7 Å². The summed E-state index contributed by atoms with van der Waals surface area (Å²) in [5.41, 5.74) is 0. The maximum Gasteiger partial charge on any atom is 0.407 e. The summed E-state index contributed by atoms with van der Waals surface area (Å²) >= 11 is 0. The van der Waals surface area contributed by atoms with Crippen molar-refractivity contribution < 1.29 is 27.5 Å². The third kappa shape index (κ3) is 2.58. The van der Waals surface area contributed by atoms with Crippen molar-refractivity contribution in [2.75, 3.05) is 13.2 Å². The number of ether oxygens (including phenoxy) is 2. The molecule has 3 fully saturated rings. The second-order valence-corrected chi connectivity index (χ2v) is 7.72. The number of alkyl carbamates (subject to hydrolysis) is 1.